The first-order chi connectivity index (χ1) is 12.8. The molecular weight excluding hydrogens is 346 g/mol. The lowest BCUT2D eigenvalue weighted by molar-refractivity contribution is -0.133. The third-order valence-corrected chi connectivity index (χ3v) is 5.45. The van der Waals surface area contributed by atoms with Gasteiger partial charge >= 0.3 is 0 Å². The maximum atomic E-state index is 13.1. The van der Waals surface area contributed by atoms with Gasteiger partial charge in [-0.1, -0.05) is 12.8 Å². The molecule has 0 spiro atoms. The number of carbonyl (C=O) groups excluding carboxylic acids is 3. The molecular formula is C19H29N5O3. The van der Waals surface area contributed by atoms with E-state index in [2.05, 4.69) is 15.7 Å². The molecule has 0 aromatic carbocycles. The van der Waals surface area contributed by atoms with Gasteiger partial charge in [0, 0.05) is 24.7 Å². The molecule has 2 heterocycles. The van der Waals surface area contributed by atoms with Crippen LogP contribution < -0.4 is 10.6 Å². The van der Waals surface area contributed by atoms with Crippen LogP contribution in [0.25, 0.3) is 0 Å². The third kappa shape index (κ3) is 3.57. The van der Waals surface area contributed by atoms with Gasteiger partial charge in [-0.2, -0.15) is 5.10 Å². The van der Waals surface area contributed by atoms with Crippen molar-refractivity contribution in [2.75, 3.05) is 6.54 Å². The molecule has 3 amide bonds. The van der Waals surface area contributed by atoms with Crippen LogP contribution in [-0.2, 0) is 11.3 Å². The number of rotatable bonds is 5. The Kier molecular flexibility index (Phi) is 5.26. The maximum Gasteiger partial charge on any atom is 0.273 e. The van der Waals surface area contributed by atoms with Crippen LogP contribution in [0.4, 0.5) is 0 Å². The van der Waals surface area contributed by atoms with E-state index in [1.54, 1.807) is 11.8 Å². The molecule has 1 aromatic heterocycles. The molecule has 148 valence electrons. The molecule has 1 aliphatic carbocycles. The van der Waals surface area contributed by atoms with Gasteiger partial charge in [0.05, 0.1) is 6.54 Å². The normalized spacial score (nSPS) is 22.9. The summed E-state index contributed by atoms with van der Waals surface area (Å²) in [4.78, 5) is 39.9. The van der Waals surface area contributed by atoms with Gasteiger partial charge in [-0.25, -0.2) is 0 Å². The molecule has 27 heavy (non-hydrogen) atoms. The minimum Gasteiger partial charge on any atom is -0.351 e. The fraction of sp³-hybridized carbons (Fsp3) is 0.684. The minimum absolute atomic E-state index is 0.0264. The third-order valence-electron chi connectivity index (χ3n) is 5.45. The zero-order valence-corrected chi connectivity index (χ0v) is 16.5. The maximum absolute atomic E-state index is 13.1. The van der Waals surface area contributed by atoms with E-state index < -0.39 is 5.54 Å². The van der Waals surface area contributed by atoms with Gasteiger partial charge < -0.3 is 15.5 Å². The number of amides is 3. The topological polar surface area (TPSA) is 96.3 Å². The molecule has 2 aliphatic rings. The summed E-state index contributed by atoms with van der Waals surface area (Å²) < 4.78 is 1.50. The Morgan fingerprint density at radius 3 is 2.59 bits per heavy atom. The highest BCUT2D eigenvalue weighted by molar-refractivity contribution is 6.01. The lowest BCUT2D eigenvalue weighted by Gasteiger charge is -2.43. The largest absolute Gasteiger partial charge is 0.351 e. The van der Waals surface area contributed by atoms with Crippen LogP contribution in [0.2, 0.25) is 0 Å². The molecule has 0 bridgehead atoms. The van der Waals surface area contributed by atoms with E-state index in [0.29, 0.717) is 12.2 Å². The van der Waals surface area contributed by atoms with Gasteiger partial charge in [0.15, 0.2) is 5.69 Å². The standard InChI is InChI=1S/C19H29N5O3/c1-5-23-17(26)15-10-14(16(25)20-12(2)3)22-24(15)11-19(23,4)18(27)21-13-8-6-7-9-13/h10,12-13H,5-9,11H2,1-4H3,(H,20,25)(H,21,27). The number of aromatic nitrogens is 2. The predicted octanol–water partition coefficient (Wildman–Crippen LogP) is 1.31. The summed E-state index contributed by atoms with van der Waals surface area (Å²) in [7, 11) is 0. The Bertz CT molecular complexity index is 751. The summed E-state index contributed by atoms with van der Waals surface area (Å²) in [5, 5.41) is 10.2. The summed E-state index contributed by atoms with van der Waals surface area (Å²) >= 11 is 0. The van der Waals surface area contributed by atoms with Crippen molar-refractivity contribution >= 4 is 17.7 Å². The Labute approximate surface area is 159 Å². The molecule has 8 nitrogen and oxygen atoms in total. The number of nitrogens with zero attached hydrogens (tertiary/aromatic N) is 3. The number of hydrogen-bond acceptors (Lipinski definition) is 4. The van der Waals surface area contributed by atoms with Crippen LogP contribution in [0, 0.1) is 0 Å². The molecule has 1 atom stereocenters. The van der Waals surface area contributed by atoms with Gasteiger partial charge in [-0.3, -0.25) is 19.1 Å². The van der Waals surface area contributed by atoms with Gasteiger partial charge in [-0.05, 0) is 40.5 Å². The van der Waals surface area contributed by atoms with Crippen molar-refractivity contribution in [3.8, 4) is 0 Å². The lowest BCUT2D eigenvalue weighted by Crippen LogP contribution is -2.64. The van der Waals surface area contributed by atoms with E-state index in [-0.39, 0.29) is 42.0 Å². The molecule has 1 aliphatic heterocycles. The Balaban J connectivity index is 1.88. The van der Waals surface area contributed by atoms with Crippen LogP contribution in [-0.4, -0.2) is 56.6 Å². The van der Waals surface area contributed by atoms with Crippen LogP contribution in [0.3, 0.4) is 0 Å². The van der Waals surface area contributed by atoms with E-state index in [0.717, 1.165) is 25.7 Å². The molecule has 1 fully saturated rings. The molecule has 2 N–H and O–H groups in total. The number of likely N-dealkylation sites (N-methyl/N-ethyl adjacent to an activating group) is 1. The number of fused-ring (bicyclic) bond motifs is 1. The van der Waals surface area contributed by atoms with Gasteiger partial charge in [0.1, 0.15) is 11.2 Å². The second-order valence-corrected chi connectivity index (χ2v) is 7.98. The van der Waals surface area contributed by atoms with Crippen molar-refractivity contribution in [1.29, 1.82) is 0 Å². The van der Waals surface area contributed by atoms with Crippen LogP contribution >= 0.6 is 0 Å². The zero-order chi connectivity index (χ0) is 19.8. The summed E-state index contributed by atoms with van der Waals surface area (Å²) in [6.07, 6.45) is 4.20. The highest BCUT2D eigenvalue weighted by Gasteiger charge is 2.48. The van der Waals surface area contributed by atoms with E-state index >= 15 is 0 Å². The first kappa shape index (κ1) is 19.4. The van der Waals surface area contributed by atoms with Gasteiger partial charge in [0.25, 0.3) is 11.8 Å². The van der Waals surface area contributed by atoms with Gasteiger partial charge in [-0.15, -0.1) is 0 Å². The van der Waals surface area contributed by atoms with Crippen molar-refractivity contribution in [1.82, 2.24) is 25.3 Å². The molecule has 0 saturated heterocycles. The van der Waals surface area contributed by atoms with Crippen LogP contribution in [0.5, 0.6) is 0 Å². The number of hydrogen-bond donors (Lipinski definition) is 2. The van der Waals surface area contributed by atoms with Crippen molar-refractivity contribution in [2.24, 2.45) is 0 Å². The highest BCUT2D eigenvalue weighted by atomic mass is 16.2. The smallest absolute Gasteiger partial charge is 0.273 e. The molecule has 1 unspecified atom stereocenters. The van der Waals surface area contributed by atoms with Crippen molar-refractivity contribution in [2.45, 2.75) is 77.5 Å². The SMILES string of the molecule is CCN1C(=O)c2cc(C(=O)NC(C)C)nn2CC1(C)C(=O)NC1CCCC1. The molecule has 3 rings (SSSR count). The average Bonchev–Trinajstić information content (AvgIpc) is 3.24. The van der Waals surface area contributed by atoms with E-state index in [9.17, 15) is 14.4 Å². The number of nitrogens with one attached hydrogen (secondary N) is 2. The second-order valence-electron chi connectivity index (χ2n) is 7.98. The summed E-state index contributed by atoms with van der Waals surface area (Å²) in [5.41, 5.74) is -0.486. The van der Waals surface area contributed by atoms with Crippen LogP contribution in [0.15, 0.2) is 6.07 Å². The molecule has 1 saturated carbocycles. The van der Waals surface area contributed by atoms with E-state index in [4.69, 9.17) is 0 Å². The van der Waals surface area contributed by atoms with Crippen molar-refractivity contribution < 1.29 is 14.4 Å². The quantitative estimate of drug-likeness (QED) is 0.811. The zero-order valence-electron chi connectivity index (χ0n) is 16.5. The van der Waals surface area contributed by atoms with Crippen molar-refractivity contribution in [3.63, 3.8) is 0 Å². The van der Waals surface area contributed by atoms with E-state index in [1.807, 2.05) is 20.8 Å². The number of carbonyl (C=O) groups is 3. The lowest BCUT2D eigenvalue weighted by atomic mass is 9.94. The highest BCUT2D eigenvalue weighted by Crippen LogP contribution is 2.28. The first-order valence-corrected chi connectivity index (χ1v) is 9.78. The average molecular weight is 375 g/mol. The molecule has 1 aromatic rings. The van der Waals surface area contributed by atoms with E-state index in [1.165, 1.54) is 10.7 Å². The minimum atomic E-state index is -1.03. The first-order valence-electron chi connectivity index (χ1n) is 9.78. The fourth-order valence-corrected chi connectivity index (χ4v) is 3.99. The molecule has 0 radical (unpaired) electrons. The fourth-order valence-electron chi connectivity index (χ4n) is 3.99. The Morgan fingerprint density at radius 2 is 2.00 bits per heavy atom. The summed E-state index contributed by atoms with van der Waals surface area (Å²) in [6, 6.07) is 1.66. The Hall–Kier alpha value is -2.38. The monoisotopic (exact) mass is 375 g/mol. The van der Waals surface area contributed by atoms with Gasteiger partial charge in [0.2, 0.25) is 5.91 Å². The van der Waals surface area contributed by atoms with Crippen molar-refractivity contribution in [3.05, 3.63) is 17.5 Å². The molecule has 8 heteroatoms. The van der Waals surface area contributed by atoms with Crippen LogP contribution in [0.1, 0.15) is 74.4 Å². The summed E-state index contributed by atoms with van der Waals surface area (Å²) in [5.74, 6) is -0.747. The predicted molar refractivity (Wildman–Crippen MR) is 100 cm³/mol. The second kappa shape index (κ2) is 7.32. The summed E-state index contributed by atoms with van der Waals surface area (Å²) in [6.45, 7) is 8.00. The Morgan fingerprint density at radius 1 is 1.33 bits per heavy atom.